The molecule has 0 aliphatic carbocycles. The smallest absolute Gasteiger partial charge is 0.101 e. The Morgan fingerprint density at radius 3 is 2.53 bits per heavy atom. The van der Waals surface area contributed by atoms with Gasteiger partial charge in [0.2, 0.25) is 0 Å². The van der Waals surface area contributed by atoms with Crippen LogP contribution in [0.5, 0.6) is 0 Å². The summed E-state index contributed by atoms with van der Waals surface area (Å²) >= 11 is 11.8. The van der Waals surface area contributed by atoms with Crippen LogP contribution in [0.2, 0.25) is 10.0 Å². The van der Waals surface area contributed by atoms with Crippen molar-refractivity contribution in [2.45, 2.75) is 26.4 Å². The number of halogens is 2. The molecule has 0 saturated heterocycles. The molecule has 1 aromatic carbocycles. The van der Waals surface area contributed by atoms with Crippen molar-refractivity contribution in [2.24, 2.45) is 0 Å². The molecule has 0 amide bonds. The van der Waals surface area contributed by atoms with Gasteiger partial charge >= 0.3 is 0 Å². The SMILES string of the molecule is Cc1ccc(CC(O)c2ncc(Cl)cc2Cl)cc1C. The van der Waals surface area contributed by atoms with Crippen molar-refractivity contribution in [3.8, 4) is 0 Å². The number of rotatable bonds is 3. The van der Waals surface area contributed by atoms with Crippen LogP contribution in [0, 0.1) is 13.8 Å². The first-order valence-electron chi connectivity index (χ1n) is 6.02. The molecule has 2 nitrogen and oxygen atoms in total. The summed E-state index contributed by atoms with van der Waals surface area (Å²) in [6.45, 7) is 4.12. The van der Waals surface area contributed by atoms with Gasteiger partial charge < -0.3 is 5.11 Å². The van der Waals surface area contributed by atoms with Crippen molar-refractivity contribution in [3.05, 3.63) is 62.9 Å². The van der Waals surface area contributed by atoms with Crippen molar-refractivity contribution < 1.29 is 5.11 Å². The van der Waals surface area contributed by atoms with Gasteiger partial charge in [0.05, 0.1) is 15.7 Å². The maximum Gasteiger partial charge on any atom is 0.101 e. The summed E-state index contributed by atoms with van der Waals surface area (Å²) < 4.78 is 0. The van der Waals surface area contributed by atoms with Gasteiger partial charge in [0.25, 0.3) is 0 Å². The normalized spacial score (nSPS) is 12.5. The first kappa shape index (κ1) is 14.3. The minimum absolute atomic E-state index is 0.392. The van der Waals surface area contributed by atoms with Gasteiger partial charge in [-0.15, -0.1) is 0 Å². The van der Waals surface area contributed by atoms with E-state index in [0.29, 0.717) is 22.2 Å². The van der Waals surface area contributed by atoms with Gasteiger partial charge in [-0.2, -0.15) is 0 Å². The summed E-state index contributed by atoms with van der Waals surface area (Å²) in [6.07, 6.45) is 1.24. The van der Waals surface area contributed by atoms with Crippen LogP contribution in [0.4, 0.5) is 0 Å². The Labute approximate surface area is 123 Å². The highest BCUT2D eigenvalue weighted by Gasteiger charge is 2.14. The Balaban J connectivity index is 2.20. The molecule has 0 radical (unpaired) electrons. The second kappa shape index (κ2) is 5.91. The molecule has 4 heteroatoms. The topological polar surface area (TPSA) is 33.1 Å². The number of aliphatic hydroxyl groups is 1. The van der Waals surface area contributed by atoms with Crippen LogP contribution in [0.15, 0.2) is 30.5 Å². The van der Waals surface area contributed by atoms with Crippen molar-refractivity contribution in [1.29, 1.82) is 0 Å². The highest BCUT2D eigenvalue weighted by Crippen LogP contribution is 2.26. The molecule has 1 aromatic heterocycles. The summed E-state index contributed by atoms with van der Waals surface area (Å²) in [5, 5.41) is 11.1. The van der Waals surface area contributed by atoms with Crippen LogP contribution in [0.3, 0.4) is 0 Å². The second-order valence-electron chi connectivity index (χ2n) is 4.66. The Morgan fingerprint density at radius 1 is 1.16 bits per heavy atom. The predicted octanol–water partition coefficient (Wildman–Crippen LogP) is 4.28. The lowest BCUT2D eigenvalue weighted by Gasteiger charge is -2.13. The van der Waals surface area contributed by atoms with E-state index < -0.39 is 6.10 Å². The lowest BCUT2D eigenvalue weighted by atomic mass is 10.0. The van der Waals surface area contributed by atoms with Crippen LogP contribution >= 0.6 is 23.2 Å². The first-order chi connectivity index (χ1) is 8.97. The maximum absolute atomic E-state index is 10.2. The van der Waals surface area contributed by atoms with E-state index in [0.717, 1.165) is 5.56 Å². The van der Waals surface area contributed by atoms with Crippen molar-refractivity contribution in [2.75, 3.05) is 0 Å². The van der Waals surface area contributed by atoms with Crippen LogP contribution in [0.1, 0.15) is 28.5 Å². The number of benzene rings is 1. The zero-order chi connectivity index (χ0) is 14.0. The Morgan fingerprint density at radius 2 is 1.89 bits per heavy atom. The van der Waals surface area contributed by atoms with Crippen LogP contribution in [-0.2, 0) is 6.42 Å². The highest BCUT2D eigenvalue weighted by atomic mass is 35.5. The van der Waals surface area contributed by atoms with Crippen LogP contribution in [-0.4, -0.2) is 10.1 Å². The third-order valence-corrected chi connectivity index (χ3v) is 3.66. The molecular weight excluding hydrogens is 281 g/mol. The number of nitrogens with zero attached hydrogens (tertiary/aromatic N) is 1. The van der Waals surface area contributed by atoms with E-state index in [1.807, 2.05) is 12.1 Å². The lowest BCUT2D eigenvalue weighted by Crippen LogP contribution is -2.05. The summed E-state index contributed by atoms with van der Waals surface area (Å²) in [5.74, 6) is 0. The van der Waals surface area contributed by atoms with Crippen molar-refractivity contribution >= 4 is 23.2 Å². The molecule has 19 heavy (non-hydrogen) atoms. The van der Waals surface area contributed by atoms with Gasteiger partial charge in [0.1, 0.15) is 6.10 Å². The zero-order valence-corrected chi connectivity index (χ0v) is 12.3. The average molecular weight is 296 g/mol. The van der Waals surface area contributed by atoms with Gasteiger partial charge in [-0.3, -0.25) is 4.98 Å². The summed E-state index contributed by atoms with van der Waals surface area (Å²) in [7, 11) is 0. The van der Waals surface area contributed by atoms with Crippen molar-refractivity contribution in [1.82, 2.24) is 4.98 Å². The quantitative estimate of drug-likeness (QED) is 0.917. The van der Waals surface area contributed by atoms with Crippen LogP contribution < -0.4 is 0 Å². The molecule has 1 unspecified atom stereocenters. The molecule has 0 spiro atoms. The van der Waals surface area contributed by atoms with E-state index in [1.54, 1.807) is 6.07 Å². The van der Waals surface area contributed by atoms with Gasteiger partial charge in [-0.25, -0.2) is 0 Å². The number of hydrogen-bond donors (Lipinski definition) is 1. The minimum Gasteiger partial charge on any atom is -0.386 e. The molecule has 0 aliphatic rings. The Hall–Kier alpha value is -1.09. The molecule has 0 saturated carbocycles. The number of aryl methyl sites for hydroxylation is 2. The zero-order valence-electron chi connectivity index (χ0n) is 10.8. The molecule has 100 valence electrons. The Kier molecular flexibility index (Phi) is 4.46. The van der Waals surface area contributed by atoms with E-state index in [2.05, 4.69) is 24.9 Å². The summed E-state index contributed by atoms with van der Waals surface area (Å²) in [4.78, 5) is 4.10. The third kappa shape index (κ3) is 3.47. The van der Waals surface area contributed by atoms with E-state index in [9.17, 15) is 5.11 Å². The molecule has 1 N–H and O–H groups in total. The standard InChI is InChI=1S/C15H15Cl2NO/c1-9-3-4-11(5-10(9)2)6-14(19)15-13(17)7-12(16)8-18-15/h3-5,7-8,14,19H,6H2,1-2H3. The number of aromatic nitrogens is 1. The predicted molar refractivity (Wildman–Crippen MR) is 78.8 cm³/mol. The molecule has 0 aliphatic heterocycles. The van der Waals surface area contributed by atoms with E-state index in [-0.39, 0.29) is 0 Å². The highest BCUT2D eigenvalue weighted by molar-refractivity contribution is 6.34. The molecule has 1 atom stereocenters. The second-order valence-corrected chi connectivity index (χ2v) is 5.50. The molecule has 0 bridgehead atoms. The van der Waals surface area contributed by atoms with Gasteiger partial charge in [-0.05, 0) is 36.6 Å². The molecule has 1 heterocycles. The van der Waals surface area contributed by atoms with E-state index >= 15 is 0 Å². The van der Waals surface area contributed by atoms with Crippen molar-refractivity contribution in [3.63, 3.8) is 0 Å². The number of hydrogen-bond acceptors (Lipinski definition) is 2. The summed E-state index contributed by atoms with van der Waals surface area (Å²) in [6, 6.07) is 7.72. The number of pyridine rings is 1. The number of aliphatic hydroxyl groups excluding tert-OH is 1. The maximum atomic E-state index is 10.2. The molecule has 0 fully saturated rings. The van der Waals surface area contributed by atoms with Gasteiger partial charge in [-0.1, -0.05) is 41.4 Å². The summed E-state index contributed by atoms with van der Waals surface area (Å²) in [5.41, 5.74) is 3.97. The molecule has 2 aromatic rings. The van der Waals surface area contributed by atoms with Gasteiger partial charge in [0.15, 0.2) is 0 Å². The monoisotopic (exact) mass is 295 g/mol. The molecule has 2 rings (SSSR count). The fraction of sp³-hybridized carbons (Fsp3) is 0.267. The fourth-order valence-corrected chi connectivity index (χ4v) is 2.43. The fourth-order valence-electron chi connectivity index (χ4n) is 1.92. The van der Waals surface area contributed by atoms with Gasteiger partial charge in [0, 0.05) is 12.6 Å². The van der Waals surface area contributed by atoms with Crippen LogP contribution in [0.25, 0.3) is 0 Å². The average Bonchev–Trinajstić information content (AvgIpc) is 2.33. The third-order valence-electron chi connectivity index (χ3n) is 3.15. The Bertz CT molecular complexity index is 599. The molecular formula is C15H15Cl2NO. The van der Waals surface area contributed by atoms with E-state index in [4.69, 9.17) is 23.2 Å². The first-order valence-corrected chi connectivity index (χ1v) is 6.78. The largest absolute Gasteiger partial charge is 0.386 e. The van der Waals surface area contributed by atoms with E-state index in [1.165, 1.54) is 17.3 Å². The lowest BCUT2D eigenvalue weighted by molar-refractivity contribution is 0.173. The minimum atomic E-state index is -0.730.